The molecule has 0 aliphatic heterocycles. The Balaban J connectivity index is 3.09. The molecule has 1 aromatic heterocycles. The van der Waals surface area contributed by atoms with Crippen molar-refractivity contribution in [2.75, 3.05) is 30.9 Å². The van der Waals surface area contributed by atoms with Crippen molar-refractivity contribution in [2.24, 2.45) is 0 Å². The lowest BCUT2D eigenvalue weighted by Gasteiger charge is -2.27. The Morgan fingerprint density at radius 3 is 2.20 bits per heavy atom. The zero-order valence-electron chi connectivity index (χ0n) is 13.8. The fourth-order valence-corrected chi connectivity index (χ4v) is 1.86. The zero-order valence-corrected chi connectivity index (χ0v) is 13.8. The van der Waals surface area contributed by atoms with Gasteiger partial charge in [-0.1, -0.05) is 20.8 Å². The van der Waals surface area contributed by atoms with Crippen molar-refractivity contribution in [3.05, 3.63) is 11.9 Å². The second-order valence-corrected chi connectivity index (χ2v) is 6.68. The molecule has 0 saturated heterocycles. The predicted molar refractivity (Wildman–Crippen MR) is 84.5 cm³/mol. The van der Waals surface area contributed by atoms with Crippen LogP contribution in [0, 0.1) is 0 Å². The average molecular weight is 280 g/mol. The standard InChI is InChI=1S/C15H28N4O/c1-8-16-11-9-12(19-15(5,6)10-20-7)18-13(17-11)14(2,3)4/h9H,8,10H2,1-7H3,(H2,16,17,18,19). The van der Waals surface area contributed by atoms with Crippen LogP contribution in [0.3, 0.4) is 0 Å². The molecule has 0 aliphatic carbocycles. The molecule has 2 N–H and O–H groups in total. The molecule has 0 spiro atoms. The van der Waals surface area contributed by atoms with Crippen LogP contribution in [0.4, 0.5) is 11.6 Å². The van der Waals surface area contributed by atoms with Crippen LogP contribution in [-0.2, 0) is 10.2 Å². The van der Waals surface area contributed by atoms with E-state index < -0.39 is 0 Å². The normalized spacial score (nSPS) is 12.3. The first-order valence-electron chi connectivity index (χ1n) is 7.08. The number of aromatic nitrogens is 2. The highest BCUT2D eigenvalue weighted by Gasteiger charge is 2.22. The smallest absolute Gasteiger partial charge is 0.138 e. The fraction of sp³-hybridized carbons (Fsp3) is 0.733. The van der Waals surface area contributed by atoms with Gasteiger partial charge in [0, 0.05) is 25.1 Å². The molecular weight excluding hydrogens is 252 g/mol. The van der Waals surface area contributed by atoms with Crippen molar-refractivity contribution in [1.29, 1.82) is 0 Å². The van der Waals surface area contributed by atoms with Gasteiger partial charge in [-0.15, -0.1) is 0 Å². The van der Waals surface area contributed by atoms with Crippen LogP contribution in [0.2, 0.25) is 0 Å². The van der Waals surface area contributed by atoms with Crippen LogP contribution in [0.1, 0.15) is 47.4 Å². The van der Waals surface area contributed by atoms with Crippen LogP contribution in [0.5, 0.6) is 0 Å². The van der Waals surface area contributed by atoms with Gasteiger partial charge in [-0.25, -0.2) is 9.97 Å². The molecule has 1 rings (SSSR count). The van der Waals surface area contributed by atoms with Gasteiger partial charge in [0.15, 0.2) is 0 Å². The van der Waals surface area contributed by atoms with Crippen molar-refractivity contribution in [2.45, 2.75) is 52.5 Å². The molecule has 0 aliphatic rings. The van der Waals surface area contributed by atoms with Crippen molar-refractivity contribution in [3.8, 4) is 0 Å². The van der Waals surface area contributed by atoms with Crippen molar-refractivity contribution in [1.82, 2.24) is 9.97 Å². The Bertz CT molecular complexity index is 438. The molecule has 5 nitrogen and oxygen atoms in total. The van der Waals surface area contributed by atoms with Gasteiger partial charge < -0.3 is 15.4 Å². The van der Waals surface area contributed by atoms with Gasteiger partial charge in [0.1, 0.15) is 17.5 Å². The average Bonchev–Trinajstić information content (AvgIpc) is 2.26. The van der Waals surface area contributed by atoms with E-state index in [2.05, 4.69) is 62.1 Å². The molecule has 0 bridgehead atoms. The van der Waals surface area contributed by atoms with Gasteiger partial charge in [0.25, 0.3) is 0 Å². The third kappa shape index (κ3) is 4.96. The van der Waals surface area contributed by atoms with Crippen LogP contribution < -0.4 is 10.6 Å². The largest absolute Gasteiger partial charge is 0.382 e. The van der Waals surface area contributed by atoms with Crippen molar-refractivity contribution < 1.29 is 4.74 Å². The summed E-state index contributed by atoms with van der Waals surface area (Å²) in [4.78, 5) is 9.21. The lowest BCUT2D eigenvalue weighted by Crippen LogP contribution is -2.36. The summed E-state index contributed by atoms with van der Waals surface area (Å²) in [6, 6.07) is 1.94. The van der Waals surface area contributed by atoms with E-state index in [0.717, 1.165) is 24.0 Å². The molecule has 0 fully saturated rings. The molecule has 0 radical (unpaired) electrons. The minimum atomic E-state index is -0.179. The Morgan fingerprint density at radius 1 is 1.10 bits per heavy atom. The van der Waals surface area contributed by atoms with Gasteiger partial charge in [-0.3, -0.25) is 0 Å². The molecule has 20 heavy (non-hydrogen) atoms. The molecule has 0 atom stereocenters. The van der Waals surface area contributed by atoms with Gasteiger partial charge in [0.05, 0.1) is 12.1 Å². The van der Waals surface area contributed by atoms with E-state index in [4.69, 9.17) is 4.74 Å². The van der Waals surface area contributed by atoms with E-state index in [1.807, 2.05) is 6.07 Å². The third-order valence-electron chi connectivity index (χ3n) is 2.73. The van der Waals surface area contributed by atoms with Gasteiger partial charge in [0.2, 0.25) is 0 Å². The topological polar surface area (TPSA) is 59.1 Å². The van der Waals surface area contributed by atoms with Crippen LogP contribution >= 0.6 is 0 Å². The summed E-state index contributed by atoms with van der Waals surface area (Å²) in [5.41, 5.74) is -0.269. The molecule has 1 heterocycles. The monoisotopic (exact) mass is 280 g/mol. The number of methoxy groups -OCH3 is 1. The van der Waals surface area contributed by atoms with E-state index in [1.165, 1.54) is 0 Å². The SMILES string of the molecule is CCNc1cc(NC(C)(C)COC)nc(C(C)(C)C)n1. The van der Waals surface area contributed by atoms with E-state index in [1.54, 1.807) is 7.11 Å². The number of ether oxygens (including phenoxy) is 1. The Labute approximate surface area is 122 Å². The highest BCUT2D eigenvalue weighted by molar-refractivity contribution is 5.49. The summed E-state index contributed by atoms with van der Waals surface area (Å²) in [6.45, 7) is 14.0. The van der Waals surface area contributed by atoms with Gasteiger partial charge in [-0.05, 0) is 20.8 Å². The van der Waals surface area contributed by atoms with Crippen LogP contribution in [0.25, 0.3) is 0 Å². The summed E-state index contributed by atoms with van der Waals surface area (Å²) >= 11 is 0. The molecule has 0 saturated carbocycles. The maximum Gasteiger partial charge on any atom is 0.138 e. The number of nitrogens with zero attached hydrogens (tertiary/aromatic N) is 2. The quantitative estimate of drug-likeness (QED) is 0.838. The summed E-state index contributed by atoms with van der Waals surface area (Å²) in [5.74, 6) is 2.50. The number of nitrogens with one attached hydrogen (secondary N) is 2. The van der Waals surface area contributed by atoms with Crippen LogP contribution in [0.15, 0.2) is 6.07 Å². The molecule has 114 valence electrons. The third-order valence-corrected chi connectivity index (χ3v) is 2.73. The first-order chi connectivity index (χ1) is 9.18. The highest BCUT2D eigenvalue weighted by atomic mass is 16.5. The zero-order chi connectivity index (χ0) is 15.4. The summed E-state index contributed by atoms with van der Waals surface area (Å²) in [6.07, 6.45) is 0. The van der Waals surface area contributed by atoms with Crippen LogP contribution in [-0.4, -0.2) is 35.8 Å². The maximum atomic E-state index is 5.23. The number of hydrogen-bond donors (Lipinski definition) is 2. The molecule has 0 unspecified atom stereocenters. The second-order valence-electron chi connectivity index (χ2n) is 6.68. The lowest BCUT2D eigenvalue weighted by atomic mass is 9.95. The number of anilines is 2. The minimum Gasteiger partial charge on any atom is -0.382 e. The van der Waals surface area contributed by atoms with E-state index in [0.29, 0.717) is 6.61 Å². The second kappa shape index (κ2) is 6.39. The Hall–Kier alpha value is -1.36. The number of rotatable bonds is 6. The minimum absolute atomic E-state index is 0.0900. The van der Waals surface area contributed by atoms with E-state index in [9.17, 15) is 0 Å². The maximum absolute atomic E-state index is 5.23. The summed E-state index contributed by atoms with van der Waals surface area (Å²) in [7, 11) is 1.70. The van der Waals surface area contributed by atoms with E-state index >= 15 is 0 Å². The predicted octanol–water partition coefficient (Wildman–Crippen LogP) is 3.04. The van der Waals surface area contributed by atoms with Gasteiger partial charge >= 0.3 is 0 Å². The van der Waals surface area contributed by atoms with Crippen molar-refractivity contribution in [3.63, 3.8) is 0 Å². The van der Waals surface area contributed by atoms with E-state index in [-0.39, 0.29) is 11.0 Å². The highest BCUT2D eigenvalue weighted by Crippen LogP contribution is 2.23. The fourth-order valence-electron chi connectivity index (χ4n) is 1.86. The summed E-state index contributed by atoms with van der Waals surface area (Å²) in [5, 5.41) is 6.67. The Kier molecular flexibility index (Phi) is 5.34. The molecule has 0 amide bonds. The summed E-state index contributed by atoms with van der Waals surface area (Å²) < 4.78 is 5.23. The Morgan fingerprint density at radius 2 is 1.70 bits per heavy atom. The van der Waals surface area contributed by atoms with Crippen molar-refractivity contribution >= 4 is 11.6 Å². The molecular formula is C15H28N4O. The molecule has 5 heteroatoms. The first kappa shape index (κ1) is 16.7. The number of hydrogen-bond acceptors (Lipinski definition) is 5. The molecule has 1 aromatic rings. The van der Waals surface area contributed by atoms with Gasteiger partial charge in [-0.2, -0.15) is 0 Å². The first-order valence-corrected chi connectivity index (χ1v) is 7.08. The molecule has 0 aromatic carbocycles. The lowest BCUT2D eigenvalue weighted by molar-refractivity contribution is 0.158.